The second kappa shape index (κ2) is 31.3. The number of carbonyl (C=O) groups is 6. The van der Waals surface area contributed by atoms with Gasteiger partial charge in [0.05, 0.1) is 55.9 Å². The van der Waals surface area contributed by atoms with E-state index in [0.29, 0.717) is 19.3 Å². The summed E-state index contributed by atoms with van der Waals surface area (Å²) < 4.78 is 0. The standard InChI is InChI=1S/C17H31NO7.2C17H30O8/c1-4-5-9(2)15(22)18-8-13(20)14(21)11-6-17(25,16(23)24)7-12(19)10(11)3;2*1-3-4-9(2)12(19)5-10-11(15(22)14(21)8-18)6-17(25,16(23)24)7-13(10)20/h9-14,19-21,25H,4-8H2,1-3H3,(H,18,22)(H,23,24);2*9-11,13-15,18,20-22,25H,3-8H2,1-2H3,(H,23,24). The van der Waals surface area contributed by atoms with E-state index in [1.165, 1.54) is 0 Å². The van der Waals surface area contributed by atoms with E-state index in [4.69, 9.17) is 15.3 Å². The van der Waals surface area contributed by atoms with Gasteiger partial charge in [0, 0.05) is 56.4 Å². The van der Waals surface area contributed by atoms with Gasteiger partial charge in [-0.05, 0) is 74.0 Å². The van der Waals surface area contributed by atoms with E-state index in [9.17, 15) is 100 Å². The first-order valence-corrected chi connectivity index (χ1v) is 26.2. The Bertz CT molecular complexity index is 1720. The number of amides is 1. The molecular formula is C51H91NO23. The van der Waals surface area contributed by atoms with E-state index >= 15 is 0 Å². The summed E-state index contributed by atoms with van der Waals surface area (Å²) in [5.74, 6) is -10.7. The smallest absolute Gasteiger partial charge is 0.335 e. The van der Waals surface area contributed by atoms with Gasteiger partial charge in [-0.2, -0.15) is 0 Å². The van der Waals surface area contributed by atoms with Crippen LogP contribution in [0.1, 0.15) is 138 Å². The fraction of sp³-hybridized carbons (Fsp3) is 0.882. The lowest BCUT2D eigenvalue weighted by Gasteiger charge is -2.44. The molecule has 3 aliphatic rings. The molecule has 0 aliphatic heterocycles. The van der Waals surface area contributed by atoms with Crippen molar-refractivity contribution >= 4 is 35.4 Å². The molecule has 0 radical (unpaired) electrons. The number of hydrogen-bond donors (Lipinski definition) is 18. The average molecular weight is 1090 g/mol. The van der Waals surface area contributed by atoms with E-state index in [1.807, 2.05) is 20.8 Å². The number of ketones is 2. The average Bonchev–Trinajstić information content (AvgIpc) is 3.34. The summed E-state index contributed by atoms with van der Waals surface area (Å²) >= 11 is 0. The molecular weight excluding hydrogens is 995 g/mol. The van der Waals surface area contributed by atoms with Gasteiger partial charge in [-0.1, -0.05) is 67.7 Å². The molecule has 0 aromatic rings. The van der Waals surface area contributed by atoms with Crippen LogP contribution < -0.4 is 5.32 Å². The van der Waals surface area contributed by atoms with E-state index in [1.54, 1.807) is 27.7 Å². The van der Waals surface area contributed by atoms with Crippen molar-refractivity contribution in [1.82, 2.24) is 5.32 Å². The highest BCUT2D eigenvalue weighted by atomic mass is 16.4. The Kier molecular flexibility index (Phi) is 29.1. The lowest BCUT2D eigenvalue weighted by atomic mass is 9.65. The van der Waals surface area contributed by atoms with Gasteiger partial charge in [-0.15, -0.1) is 0 Å². The summed E-state index contributed by atoms with van der Waals surface area (Å²) in [5.41, 5.74) is -6.65. The molecule has 0 heterocycles. The largest absolute Gasteiger partial charge is 0.479 e. The van der Waals surface area contributed by atoms with Crippen molar-refractivity contribution in [3.63, 3.8) is 0 Å². The maximum absolute atomic E-state index is 12.4. The molecule has 0 spiro atoms. The second-order valence-electron chi connectivity index (χ2n) is 21.8. The van der Waals surface area contributed by atoms with Crippen LogP contribution in [0.2, 0.25) is 0 Å². The fourth-order valence-corrected chi connectivity index (χ4v) is 10.8. The minimum absolute atomic E-state index is 0.0854. The van der Waals surface area contributed by atoms with Gasteiger partial charge < -0.3 is 92.1 Å². The first-order chi connectivity index (χ1) is 34.7. The molecule has 0 bridgehead atoms. The number of rotatable bonds is 26. The van der Waals surface area contributed by atoms with Crippen LogP contribution in [0.25, 0.3) is 0 Å². The number of aliphatic hydroxyl groups excluding tert-OH is 11. The van der Waals surface area contributed by atoms with Crippen LogP contribution in [0, 0.1) is 53.3 Å². The van der Waals surface area contributed by atoms with Crippen LogP contribution in [0.4, 0.5) is 0 Å². The lowest BCUT2D eigenvalue weighted by Crippen LogP contribution is -2.56. The van der Waals surface area contributed by atoms with Crippen LogP contribution in [0.3, 0.4) is 0 Å². The highest BCUT2D eigenvalue weighted by molar-refractivity contribution is 5.82. The zero-order valence-electron chi connectivity index (χ0n) is 44.5. The maximum atomic E-state index is 12.4. The molecule has 438 valence electrons. The van der Waals surface area contributed by atoms with Gasteiger partial charge in [0.15, 0.2) is 16.8 Å². The molecule has 18 N–H and O–H groups in total. The highest BCUT2D eigenvalue weighted by Gasteiger charge is 2.55. The van der Waals surface area contributed by atoms with Crippen molar-refractivity contribution in [3.05, 3.63) is 0 Å². The molecule has 24 heteroatoms. The summed E-state index contributed by atoms with van der Waals surface area (Å²) in [6, 6.07) is 0. The van der Waals surface area contributed by atoms with Crippen molar-refractivity contribution in [2.75, 3.05) is 19.8 Å². The molecule has 3 rings (SSSR count). The topological polar surface area (TPSA) is 458 Å². The van der Waals surface area contributed by atoms with Crippen LogP contribution in [0.15, 0.2) is 0 Å². The SMILES string of the molecule is CCCC(C)C(=O)CC1C(O)CC(O)(C(=O)O)CC1C(O)C(O)CO.CCCC(C)C(=O)CC1C(O)CC(O)(C(=O)O)CC1C(O)C(O)CO.CCCC(C)C(=O)NCC(O)C(O)C1CC(O)(C(=O)O)CC(O)C1C. The molecule has 21 atom stereocenters. The normalized spacial score (nSPS) is 33.4. The number of Topliss-reactive ketones (excluding diaryl/α,β-unsaturated/α-hetero) is 2. The fourth-order valence-electron chi connectivity index (χ4n) is 10.8. The number of aliphatic hydroxyl groups is 14. The minimum atomic E-state index is -2.26. The van der Waals surface area contributed by atoms with Crippen molar-refractivity contribution in [2.45, 2.75) is 210 Å². The Hall–Kier alpha value is -3.34. The number of carboxylic acid groups (broad SMARTS) is 3. The number of nitrogens with one attached hydrogen (secondary N) is 1. The van der Waals surface area contributed by atoms with Crippen LogP contribution in [-0.2, 0) is 28.8 Å². The molecule has 0 saturated heterocycles. The first-order valence-electron chi connectivity index (χ1n) is 26.2. The van der Waals surface area contributed by atoms with E-state index in [2.05, 4.69) is 5.32 Å². The number of hydrogen-bond acceptors (Lipinski definition) is 20. The van der Waals surface area contributed by atoms with Crippen molar-refractivity contribution in [1.29, 1.82) is 0 Å². The molecule has 1 amide bonds. The van der Waals surface area contributed by atoms with Gasteiger partial charge >= 0.3 is 17.9 Å². The Morgan fingerprint density at radius 1 is 0.493 bits per heavy atom. The van der Waals surface area contributed by atoms with E-state index in [-0.39, 0.29) is 67.5 Å². The van der Waals surface area contributed by atoms with Gasteiger partial charge in [0.2, 0.25) is 5.91 Å². The summed E-state index contributed by atoms with van der Waals surface area (Å²) in [4.78, 5) is 70.5. The van der Waals surface area contributed by atoms with Gasteiger partial charge in [0.25, 0.3) is 0 Å². The predicted octanol–water partition coefficient (Wildman–Crippen LogP) is -1.92. The molecule has 24 nitrogen and oxygen atoms in total. The summed E-state index contributed by atoms with van der Waals surface area (Å²) in [7, 11) is 0. The van der Waals surface area contributed by atoms with Crippen LogP contribution in [-0.4, -0.2) is 214 Å². The second-order valence-corrected chi connectivity index (χ2v) is 21.8. The zero-order chi connectivity index (χ0) is 58.1. The third kappa shape index (κ3) is 19.5. The molecule has 0 aromatic carbocycles. The van der Waals surface area contributed by atoms with Crippen molar-refractivity contribution in [2.24, 2.45) is 53.3 Å². The quantitative estimate of drug-likeness (QED) is 0.0449. The summed E-state index contributed by atoms with van der Waals surface area (Å²) in [5, 5.41) is 170. The molecule has 3 saturated carbocycles. The first kappa shape index (κ1) is 69.7. The van der Waals surface area contributed by atoms with Gasteiger partial charge in [-0.3, -0.25) is 14.4 Å². The van der Waals surface area contributed by atoms with Crippen LogP contribution >= 0.6 is 0 Å². The predicted molar refractivity (Wildman–Crippen MR) is 265 cm³/mol. The van der Waals surface area contributed by atoms with Crippen molar-refractivity contribution in [3.8, 4) is 0 Å². The monoisotopic (exact) mass is 1090 g/mol. The molecule has 0 aromatic heterocycles. The minimum Gasteiger partial charge on any atom is -0.479 e. The maximum Gasteiger partial charge on any atom is 0.335 e. The number of carbonyl (C=O) groups excluding carboxylic acids is 3. The van der Waals surface area contributed by atoms with E-state index in [0.717, 1.165) is 19.3 Å². The van der Waals surface area contributed by atoms with Crippen LogP contribution in [0.5, 0.6) is 0 Å². The van der Waals surface area contributed by atoms with E-state index < -0.39 is 164 Å². The summed E-state index contributed by atoms with van der Waals surface area (Å²) in [6.45, 7) is 11.1. The number of aliphatic carboxylic acids is 3. The third-order valence-corrected chi connectivity index (χ3v) is 15.9. The Morgan fingerprint density at radius 3 is 1.12 bits per heavy atom. The number of carboxylic acids is 3. The highest BCUT2D eigenvalue weighted by Crippen LogP contribution is 2.44. The molecule has 3 aliphatic carbocycles. The van der Waals surface area contributed by atoms with Gasteiger partial charge in [0.1, 0.15) is 23.8 Å². The van der Waals surface area contributed by atoms with Gasteiger partial charge in [-0.25, -0.2) is 14.4 Å². The molecule has 21 unspecified atom stereocenters. The Labute approximate surface area is 438 Å². The molecule has 3 fully saturated rings. The Morgan fingerprint density at radius 2 is 0.800 bits per heavy atom. The Balaban J connectivity index is 0.000000562. The third-order valence-electron chi connectivity index (χ3n) is 15.9. The van der Waals surface area contributed by atoms with Crippen molar-refractivity contribution < 1.29 is 116 Å². The lowest BCUT2D eigenvalue weighted by molar-refractivity contribution is -0.183. The zero-order valence-corrected chi connectivity index (χ0v) is 44.5. The summed E-state index contributed by atoms with van der Waals surface area (Å²) in [6.07, 6.45) is -10.7. The molecule has 75 heavy (non-hydrogen) atoms.